The molecular weight excluding hydrogens is 406 g/mol. The Morgan fingerprint density at radius 2 is 1.86 bits per heavy atom. The number of nitrogens with one attached hydrogen (secondary N) is 2. The lowest BCUT2D eigenvalue weighted by molar-refractivity contribution is -0.120. The van der Waals surface area contributed by atoms with E-state index in [1.807, 2.05) is 0 Å². The van der Waals surface area contributed by atoms with E-state index in [2.05, 4.69) is 15.5 Å². The molecule has 1 fully saturated rings. The molecule has 3 rings (SSSR count). The third-order valence-electron chi connectivity index (χ3n) is 4.65. The molecule has 1 amide bonds. The van der Waals surface area contributed by atoms with Crippen LogP contribution in [0.25, 0.3) is 0 Å². The SMILES string of the molecule is Cl.O=C(CCS(=O)(=O)c1ccc2c(c1)OCCO2)NCCCN1CCNCC1. The first-order chi connectivity index (χ1) is 13.0. The highest BCUT2D eigenvalue weighted by Gasteiger charge is 2.20. The third kappa shape index (κ3) is 6.51. The fraction of sp³-hybridized carbons (Fsp3) is 0.611. The number of nitrogens with zero attached hydrogens (tertiary/aromatic N) is 1. The number of hydrogen-bond acceptors (Lipinski definition) is 7. The highest BCUT2D eigenvalue weighted by atomic mass is 35.5. The van der Waals surface area contributed by atoms with Crippen LogP contribution >= 0.6 is 12.4 Å². The average Bonchev–Trinajstić information content (AvgIpc) is 2.70. The maximum atomic E-state index is 12.5. The van der Waals surface area contributed by atoms with Gasteiger partial charge in [-0.15, -0.1) is 12.4 Å². The van der Waals surface area contributed by atoms with Crippen molar-refractivity contribution in [3.05, 3.63) is 18.2 Å². The number of halogens is 1. The molecule has 1 saturated heterocycles. The number of carbonyl (C=O) groups is 1. The molecule has 1 aromatic carbocycles. The van der Waals surface area contributed by atoms with Gasteiger partial charge in [-0.1, -0.05) is 0 Å². The third-order valence-corrected chi connectivity index (χ3v) is 6.37. The lowest BCUT2D eigenvalue weighted by Gasteiger charge is -2.27. The molecule has 0 aliphatic carbocycles. The molecule has 2 N–H and O–H groups in total. The lowest BCUT2D eigenvalue weighted by atomic mass is 10.3. The zero-order valence-electron chi connectivity index (χ0n) is 15.8. The number of hydrogen-bond donors (Lipinski definition) is 2. The minimum Gasteiger partial charge on any atom is -0.486 e. The van der Waals surface area contributed by atoms with Crippen LogP contribution in [0.4, 0.5) is 0 Å². The minimum absolute atomic E-state index is 0. The minimum atomic E-state index is -3.55. The largest absolute Gasteiger partial charge is 0.486 e. The van der Waals surface area contributed by atoms with Crippen molar-refractivity contribution < 1.29 is 22.7 Å². The summed E-state index contributed by atoms with van der Waals surface area (Å²) in [7, 11) is -3.55. The number of piperazine rings is 1. The van der Waals surface area contributed by atoms with E-state index in [-0.39, 0.29) is 35.4 Å². The predicted molar refractivity (Wildman–Crippen MR) is 108 cm³/mol. The molecule has 0 saturated carbocycles. The maximum absolute atomic E-state index is 12.5. The summed E-state index contributed by atoms with van der Waals surface area (Å²) in [6.07, 6.45) is 0.811. The van der Waals surface area contributed by atoms with Gasteiger partial charge < -0.3 is 25.0 Å². The van der Waals surface area contributed by atoms with Gasteiger partial charge in [0.05, 0.1) is 10.6 Å². The molecule has 0 aromatic heterocycles. The fourth-order valence-electron chi connectivity index (χ4n) is 3.12. The molecule has 0 radical (unpaired) electrons. The molecule has 28 heavy (non-hydrogen) atoms. The topological polar surface area (TPSA) is 97.0 Å². The molecule has 0 bridgehead atoms. The van der Waals surface area contributed by atoms with Gasteiger partial charge in [-0.05, 0) is 25.1 Å². The van der Waals surface area contributed by atoms with Crippen molar-refractivity contribution >= 4 is 28.2 Å². The van der Waals surface area contributed by atoms with Crippen LogP contribution in [0.15, 0.2) is 23.1 Å². The van der Waals surface area contributed by atoms with Crippen molar-refractivity contribution in [2.24, 2.45) is 0 Å². The van der Waals surface area contributed by atoms with Gasteiger partial charge in [0.25, 0.3) is 0 Å². The predicted octanol–water partition coefficient (Wildman–Crippen LogP) is 0.455. The summed E-state index contributed by atoms with van der Waals surface area (Å²) in [4.78, 5) is 14.5. The first-order valence-corrected chi connectivity index (χ1v) is 11.0. The van der Waals surface area contributed by atoms with Crippen LogP contribution in [0.1, 0.15) is 12.8 Å². The van der Waals surface area contributed by atoms with Crippen molar-refractivity contribution in [1.82, 2.24) is 15.5 Å². The van der Waals surface area contributed by atoms with Crippen molar-refractivity contribution in [2.45, 2.75) is 17.7 Å². The van der Waals surface area contributed by atoms with Gasteiger partial charge in [-0.25, -0.2) is 8.42 Å². The smallest absolute Gasteiger partial charge is 0.221 e. The normalized spacial score (nSPS) is 16.9. The van der Waals surface area contributed by atoms with Gasteiger partial charge in [0.2, 0.25) is 5.91 Å². The van der Waals surface area contributed by atoms with E-state index in [4.69, 9.17) is 9.47 Å². The van der Waals surface area contributed by atoms with Gasteiger partial charge in [-0.3, -0.25) is 4.79 Å². The van der Waals surface area contributed by atoms with E-state index in [0.29, 0.717) is 31.3 Å². The molecule has 1 aromatic rings. The number of ether oxygens (including phenoxy) is 2. The Morgan fingerprint density at radius 1 is 1.14 bits per heavy atom. The van der Waals surface area contributed by atoms with Crippen molar-refractivity contribution in [3.8, 4) is 11.5 Å². The Labute approximate surface area is 172 Å². The lowest BCUT2D eigenvalue weighted by Crippen LogP contribution is -2.44. The van der Waals surface area contributed by atoms with E-state index in [1.54, 1.807) is 6.07 Å². The Balaban J connectivity index is 0.00000280. The van der Waals surface area contributed by atoms with E-state index >= 15 is 0 Å². The Bertz CT molecular complexity index is 754. The second-order valence-electron chi connectivity index (χ2n) is 6.67. The van der Waals surface area contributed by atoms with E-state index < -0.39 is 9.84 Å². The van der Waals surface area contributed by atoms with Crippen LogP contribution < -0.4 is 20.1 Å². The summed E-state index contributed by atoms with van der Waals surface area (Å²) in [6, 6.07) is 4.56. The van der Waals surface area contributed by atoms with Crippen LogP contribution in [0.5, 0.6) is 11.5 Å². The van der Waals surface area contributed by atoms with Crippen molar-refractivity contribution in [3.63, 3.8) is 0 Å². The Kier molecular flexibility index (Phi) is 8.81. The first-order valence-electron chi connectivity index (χ1n) is 9.37. The zero-order valence-corrected chi connectivity index (χ0v) is 17.4. The van der Waals surface area contributed by atoms with Gasteiger partial charge in [0.1, 0.15) is 13.2 Å². The van der Waals surface area contributed by atoms with Crippen LogP contribution in [0, 0.1) is 0 Å². The summed E-state index contributed by atoms with van der Waals surface area (Å²) in [6.45, 7) is 6.42. The quantitative estimate of drug-likeness (QED) is 0.574. The number of amides is 1. The number of rotatable bonds is 8. The van der Waals surface area contributed by atoms with Crippen LogP contribution in [-0.2, 0) is 14.6 Å². The molecule has 10 heteroatoms. The molecule has 0 atom stereocenters. The number of benzene rings is 1. The molecule has 8 nitrogen and oxygen atoms in total. The first kappa shape index (κ1) is 22.7. The number of fused-ring (bicyclic) bond motifs is 1. The highest BCUT2D eigenvalue weighted by Crippen LogP contribution is 2.32. The standard InChI is InChI=1S/C18H27N3O5S.ClH/c22-18(20-5-1-8-21-9-6-19-7-10-21)4-13-27(23,24)15-2-3-16-17(14-15)26-12-11-25-16;/h2-3,14,19H,1,4-13H2,(H,20,22);1H. The van der Waals surface area contributed by atoms with Gasteiger partial charge >= 0.3 is 0 Å². The van der Waals surface area contributed by atoms with Gasteiger partial charge in [0, 0.05) is 45.2 Å². The van der Waals surface area contributed by atoms with Crippen LogP contribution in [0.2, 0.25) is 0 Å². The second kappa shape index (κ2) is 10.8. The van der Waals surface area contributed by atoms with Crippen LogP contribution in [0.3, 0.4) is 0 Å². The Hall–Kier alpha value is -1.55. The molecular formula is C18H28ClN3O5S. The van der Waals surface area contributed by atoms with E-state index in [0.717, 1.165) is 39.1 Å². The second-order valence-corrected chi connectivity index (χ2v) is 8.78. The molecule has 158 valence electrons. The summed E-state index contributed by atoms with van der Waals surface area (Å²) >= 11 is 0. The van der Waals surface area contributed by atoms with E-state index in [1.165, 1.54) is 12.1 Å². The summed E-state index contributed by atoms with van der Waals surface area (Å²) in [5.74, 6) is 0.509. The number of carbonyl (C=O) groups excluding carboxylic acids is 1. The van der Waals surface area contributed by atoms with Gasteiger partial charge in [0.15, 0.2) is 21.3 Å². The molecule has 2 heterocycles. The van der Waals surface area contributed by atoms with Crippen LogP contribution in [-0.4, -0.2) is 77.5 Å². The maximum Gasteiger partial charge on any atom is 0.221 e. The Morgan fingerprint density at radius 3 is 2.61 bits per heavy atom. The van der Waals surface area contributed by atoms with E-state index in [9.17, 15) is 13.2 Å². The summed E-state index contributed by atoms with van der Waals surface area (Å²) in [5, 5.41) is 6.11. The highest BCUT2D eigenvalue weighted by molar-refractivity contribution is 7.91. The monoisotopic (exact) mass is 433 g/mol. The molecule has 2 aliphatic heterocycles. The van der Waals surface area contributed by atoms with Crippen molar-refractivity contribution in [2.75, 3.05) is 58.2 Å². The zero-order chi connectivity index (χ0) is 19.1. The molecule has 2 aliphatic rings. The van der Waals surface area contributed by atoms with Gasteiger partial charge in [-0.2, -0.15) is 0 Å². The summed E-state index contributed by atoms with van der Waals surface area (Å²) < 4.78 is 35.8. The fourth-order valence-corrected chi connectivity index (χ4v) is 4.37. The average molecular weight is 434 g/mol. The summed E-state index contributed by atoms with van der Waals surface area (Å²) in [5.41, 5.74) is 0. The molecule has 0 spiro atoms. The number of sulfone groups is 1. The van der Waals surface area contributed by atoms with Crippen molar-refractivity contribution in [1.29, 1.82) is 0 Å². The molecule has 0 unspecified atom stereocenters.